The van der Waals surface area contributed by atoms with Crippen LogP contribution in [0.4, 0.5) is 0 Å². The number of carbonyl (C=O) groups excluding carboxylic acids is 1. The smallest absolute Gasteiger partial charge is 0.305 e. The number of methoxy groups -OCH3 is 1. The highest BCUT2D eigenvalue weighted by Crippen LogP contribution is 2.13. The summed E-state index contributed by atoms with van der Waals surface area (Å²) in [6.07, 6.45) is 7.48. The van der Waals surface area contributed by atoms with E-state index in [1.54, 1.807) is 0 Å². The highest BCUT2D eigenvalue weighted by molar-refractivity contribution is 5.68. The molecule has 19 heavy (non-hydrogen) atoms. The maximum atomic E-state index is 10.9. The number of ether oxygens (including phenoxy) is 1. The van der Waals surface area contributed by atoms with Crippen LogP contribution in [0.2, 0.25) is 0 Å². The van der Waals surface area contributed by atoms with Gasteiger partial charge in [0.2, 0.25) is 0 Å². The Labute approximate surface area is 117 Å². The van der Waals surface area contributed by atoms with Crippen LogP contribution in [0.3, 0.4) is 0 Å². The number of esters is 1. The number of carbonyl (C=O) groups is 1. The fourth-order valence-corrected chi connectivity index (χ4v) is 2.07. The molecule has 0 rings (SSSR count). The van der Waals surface area contributed by atoms with E-state index in [0.29, 0.717) is 19.3 Å². The first kappa shape index (κ1) is 18.4. The minimum absolute atomic E-state index is 0.184. The lowest BCUT2D eigenvalue weighted by Crippen LogP contribution is -2.25. The molecule has 0 saturated carbocycles. The highest BCUT2D eigenvalue weighted by atomic mass is 16.5. The van der Waals surface area contributed by atoms with Gasteiger partial charge in [0.1, 0.15) is 0 Å². The van der Waals surface area contributed by atoms with E-state index in [4.69, 9.17) is 0 Å². The van der Waals surface area contributed by atoms with Crippen molar-refractivity contribution in [2.24, 2.45) is 0 Å². The summed E-state index contributed by atoms with van der Waals surface area (Å²) in [4.78, 5) is 10.9. The zero-order valence-corrected chi connectivity index (χ0v) is 12.4. The van der Waals surface area contributed by atoms with Crippen LogP contribution >= 0.6 is 0 Å². The molecule has 0 saturated heterocycles. The van der Waals surface area contributed by atoms with E-state index in [1.165, 1.54) is 20.0 Å². The normalized spacial score (nSPS) is 14.1. The van der Waals surface area contributed by atoms with Gasteiger partial charge in [-0.2, -0.15) is 0 Å². The minimum Gasteiger partial charge on any atom is -0.469 e. The lowest BCUT2D eigenvalue weighted by molar-refractivity contribution is -0.140. The summed E-state index contributed by atoms with van der Waals surface area (Å²) in [5, 5.41) is 19.6. The van der Waals surface area contributed by atoms with Gasteiger partial charge in [0.05, 0.1) is 19.3 Å². The van der Waals surface area contributed by atoms with Gasteiger partial charge in [-0.25, -0.2) is 0 Å². The Bertz CT molecular complexity index is 218. The van der Waals surface area contributed by atoms with E-state index in [9.17, 15) is 15.0 Å². The molecule has 2 N–H and O–H groups in total. The van der Waals surface area contributed by atoms with Gasteiger partial charge in [-0.05, 0) is 19.3 Å². The van der Waals surface area contributed by atoms with Crippen molar-refractivity contribution >= 4 is 5.97 Å². The number of hydrogen-bond acceptors (Lipinski definition) is 4. The standard InChI is InChI=1S/C15H30O4/c1-3-4-5-7-10-13(16)14(17)11-8-6-9-12-15(18)19-2/h13-14,16-17H,3-12H2,1-2H3/t13-,14+/m0/s1. The van der Waals surface area contributed by atoms with Crippen LogP contribution in [0.5, 0.6) is 0 Å². The molecule has 0 heterocycles. The molecule has 114 valence electrons. The molecule has 0 bridgehead atoms. The molecule has 0 amide bonds. The lowest BCUT2D eigenvalue weighted by atomic mass is 10.0. The van der Waals surface area contributed by atoms with Gasteiger partial charge in [0.25, 0.3) is 0 Å². The summed E-state index contributed by atoms with van der Waals surface area (Å²) in [5.74, 6) is -0.184. The van der Waals surface area contributed by atoms with Crippen molar-refractivity contribution in [2.75, 3.05) is 7.11 Å². The summed E-state index contributed by atoms with van der Waals surface area (Å²) in [5.41, 5.74) is 0. The Balaban J connectivity index is 3.45. The van der Waals surface area contributed by atoms with Crippen LogP contribution in [0, 0.1) is 0 Å². The predicted molar refractivity (Wildman–Crippen MR) is 75.9 cm³/mol. The van der Waals surface area contributed by atoms with Crippen molar-refractivity contribution in [3.05, 3.63) is 0 Å². The van der Waals surface area contributed by atoms with Gasteiger partial charge in [-0.1, -0.05) is 45.4 Å². The lowest BCUT2D eigenvalue weighted by Gasteiger charge is -2.17. The van der Waals surface area contributed by atoms with Crippen LogP contribution in [0.15, 0.2) is 0 Å². The summed E-state index contributed by atoms with van der Waals surface area (Å²) in [6, 6.07) is 0. The predicted octanol–water partition coefficient (Wildman–Crippen LogP) is 2.80. The largest absolute Gasteiger partial charge is 0.469 e. The number of aliphatic hydroxyl groups is 2. The van der Waals surface area contributed by atoms with E-state index >= 15 is 0 Å². The topological polar surface area (TPSA) is 66.8 Å². The molecule has 0 radical (unpaired) electrons. The SMILES string of the molecule is CCCCCC[C@H](O)[C@H](O)CCCCCC(=O)OC. The Kier molecular flexibility index (Phi) is 12.0. The van der Waals surface area contributed by atoms with Gasteiger partial charge in [0, 0.05) is 6.42 Å². The van der Waals surface area contributed by atoms with Crippen molar-refractivity contribution in [3.8, 4) is 0 Å². The average molecular weight is 274 g/mol. The number of aliphatic hydroxyl groups excluding tert-OH is 2. The van der Waals surface area contributed by atoms with Gasteiger partial charge in [-0.15, -0.1) is 0 Å². The molecule has 0 fully saturated rings. The van der Waals surface area contributed by atoms with Crippen LogP contribution in [-0.2, 0) is 9.53 Å². The Morgan fingerprint density at radius 3 is 1.95 bits per heavy atom. The summed E-state index contributed by atoms with van der Waals surface area (Å²) in [7, 11) is 1.39. The van der Waals surface area contributed by atoms with Crippen LogP contribution < -0.4 is 0 Å². The number of hydrogen-bond donors (Lipinski definition) is 2. The molecule has 0 aliphatic carbocycles. The van der Waals surface area contributed by atoms with Gasteiger partial charge >= 0.3 is 5.97 Å². The molecular weight excluding hydrogens is 244 g/mol. The molecule has 4 heteroatoms. The summed E-state index contributed by atoms with van der Waals surface area (Å²) in [6.45, 7) is 2.15. The molecule has 0 spiro atoms. The quantitative estimate of drug-likeness (QED) is 0.424. The third-order valence-corrected chi connectivity index (χ3v) is 3.41. The molecule has 0 aliphatic heterocycles. The molecule has 0 aromatic heterocycles. The molecule has 4 nitrogen and oxygen atoms in total. The van der Waals surface area contributed by atoms with Crippen molar-refractivity contribution < 1.29 is 19.7 Å². The van der Waals surface area contributed by atoms with E-state index in [1.807, 2.05) is 0 Å². The maximum absolute atomic E-state index is 10.9. The number of rotatable bonds is 12. The Hall–Kier alpha value is -0.610. The van der Waals surface area contributed by atoms with Gasteiger partial charge < -0.3 is 14.9 Å². The Morgan fingerprint density at radius 1 is 0.947 bits per heavy atom. The third-order valence-electron chi connectivity index (χ3n) is 3.41. The minimum atomic E-state index is -0.625. The van der Waals surface area contributed by atoms with Gasteiger partial charge in [0.15, 0.2) is 0 Å². The second-order valence-electron chi connectivity index (χ2n) is 5.16. The van der Waals surface area contributed by atoms with E-state index in [0.717, 1.165) is 32.1 Å². The first-order valence-corrected chi connectivity index (χ1v) is 7.54. The summed E-state index contributed by atoms with van der Waals surface area (Å²) < 4.78 is 4.55. The van der Waals surface area contributed by atoms with Crippen LogP contribution in [-0.4, -0.2) is 35.5 Å². The fourth-order valence-electron chi connectivity index (χ4n) is 2.07. The Morgan fingerprint density at radius 2 is 1.47 bits per heavy atom. The van der Waals surface area contributed by atoms with Crippen molar-refractivity contribution in [1.29, 1.82) is 0 Å². The van der Waals surface area contributed by atoms with E-state index < -0.39 is 12.2 Å². The molecule has 2 atom stereocenters. The molecule has 0 aromatic carbocycles. The monoisotopic (exact) mass is 274 g/mol. The highest BCUT2D eigenvalue weighted by Gasteiger charge is 2.15. The number of unbranched alkanes of at least 4 members (excludes halogenated alkanes) is 5. The average Bonchev–Trinajstić information content (AvgIpc) is 2.42. The second kappa shape index (κ2) is 12.4. The molecule has 0 aliphatic rings. The zero-order valence-electron chi connectivity index (χ0n) is 12.4. The molecular formula is C15H30O4. The molecule has 0 unspecified atom stereocenters. The van der Waals surface area contributed by atoms with Crippen LogP contribution in [0.1, 0.15) is 71.1 Å². The first-order chi connectivity index (χ1) is 9.11. The van der Waals surface area contributed by atoms with Crippen LogP contribution in [0.25, 0.3) is 0 Å². The molecule has 0 aromatic rings. The second-order valence-corrected chi connectivity index (χ2v) is 5.16. The van der Waals surface area contributed by atoms with Crippen molar-refractivity contribution in [1.82, 2.24) is 0 Å². The van der Waals surface area contributed by atoms with Crippen molar-refractivity contribution in [2.45, 2.75) is 83.3 Å². The maximum Gasteiger partial charge on any atom is 0.305 e. The fraction of sp³-hybridized carbons (Fsp3) is 0.933. The van der Waals surface area contributed by atoms with E-state index in [2.05, 4.69) is 11.7 Å². The zero-order chi connectivity index (χ0) is 14.5. The van der Waals surface area contributed by atoms with Crippen molar-refractivity contribution in [3.63, 3.8) is 0 Å². The van der Waals surface area contributed by atoms with E-state index in [-0.39, 0.29) is 5.97 Å². The van der Waals surface area contributed by atoms with Gasteiger partial charge in [-0.3, -0.25) is 4.79 Å². The third kappa shape index (κ3) is 11.0. The first-order valence-electron chi connectivity index (χ1n) is 7.54. The summed E-state index contributed by atoms with van der Waals surface area (Å²) >= 11 is 0.